The molecule has 0 radical (unpaired) electrons. The topological polar surface area (TPSA) is 54.9 Å². The van der Waals surface area contributed by atoms with Crippen LogP contribution in [0.5, 0.6) is 0 Å². The number of amides is 1. The molecule has 1 heterocycles. The number of carbonyl (C=O) groups excluding carboxylic acids is 1. The zero-order valence-corrected chi connectivity index (χ0v) is 12.7. The Kier molecular flexibility index (Phi) is 5.72. The van der Waals surface area contributed by atoms with E-state index in [1.165, 1.54) is 0 Å². The Morgan fingerprint density at radius 2 is 2.11 bits per heavy atom. The summed E-state index contributed by atoms with van der Waals surface area (Å²) in [6.07, 6.45) is 4.06. The summed E-state index contributed by atoms with van der Waals surface area (Å²) in [6.45, 7) is 6.24. The predicted molar refractivity (Wildman–Crippen MR) is 77.0 cm³/mol. The Morgan fingerprint density at radius 1 is 1.39 bits per heavy atom. The molecule has 1 aromatic rings. The number of nitrogens with one attached hydrogen (secondary N) is 1. The molecular weight excluding hydrogens is 294 g/mol. The van der Waals surface area contributed by atoms with E-state index in [1.54, 1.807) is 6.20 Å². The Bertz CT molecular complexity index is 401. The van der Waals surface area contributed by atoms with Crippen molar-refractivity contribution in [3.63, 3.8) is 0 Å². The van der Waals surface area contributed by atoms with Gasteiger partial charge >= 0.3 is 0 Å². The SMILES string of the molecule is CC(C)(C)c1ccnc(NC(=O)CCCCBr)n1. The second kappa shape index (κ2) is 6.83. The molecule has 0 saturated heterocycles. The zero-order chi connectivity index (χ0) is 13.6. The standard InChI is InChI=1S/C13H20BrN3O/c1-13(2,3)10-7-9-15-12(16-10)17-11(18)6-4-5-8-14/h7,9H,4-6,8H2,1-3H3,(H,15,16,17,18). The van der Waals surface area contributed by atoms with Crippen LogP contribution in [0.3, 0.4) is 0 Å². The van der Waals surface area contributed by atoms with Crippen LogP contribution in [0.15, 0.2) is 12.3 Å². The minimum atomic E-state index is -0.0433. The first-order valence-electron chi connectivity index (χ1n) is 6.13. The van der Waals surface area contributed by atoms with E-state index in [-0.39, 0.29) is 11.3 Å². The third kappa shape index (κ3) is 5.12. The fraction of sp³-hybridized carbons (Fsp3) is 0.615. The van der Waals surface area contributed by atoms with Crippen LogP contribution < -0.4 is 5.32 Å². The highest BCUT2D eigenvalue weighted by atomic mass is 79.9. The summed E-state index contributed by atoms with van der Waals surface area (Å²) in [5.41, 5.74) is 0.881. The normalized spacial score (nSPS) is 11.3. The number of hydrogen-bond acceptors (Lipinski definition) is 3. The average Bonchev–Trinajstić information content (AvgIpc) is 2.28. The van der Waals surface area contributed by atoms with Crippen LogP contribution in [0.1, 0.15) is 45.7 Å². The molecule has 0 aliphatic rings. The molecule has 0 spiro atoms. The predicted octanol–water partition coefficient (Wildman–Crippen LogP) is 3.28. The monoisotopic (exact) mass is 313 g/mol. The van der Waals surface area contributed by atoms with Crippen molar-refractivity contribution >= 4 is 27.8 Å². The Morgan fingerprint density at radius 3 is 2.72 bits per heavy atom. The summed E-state index contributed by atoms with van der Waals surface area (Å²) in [4.78, 5) is 20.1. The summed E-state index contributed by atoms with van der Waals surface area (Å²) in [6, 6.07) is 1.88. The van der Waals surface area contributed by atoms with E-state index in [0.29, 0.717) is 12.4 Å². The molecule has 0 saturated carbocycles. The van der Waals surface area contributed by atoms with E-state index in [2.05, 4.69) is 52.0 Å². The number of unbranched alkanes of at least 4 members (excludes halogenated alkanes) is 1. The number of rotatable bonds is 5. The largest absolute Gasteiger partial charge is 0.295 e. The maximum atomic E-state index is 11.6. The van der Waals surface area contributed by atoms with Crippen LogP contribution in [0.2, 0.25) is 0 Å². The molecule has 0 fully saturated rings. The van der Waals surface area contributed by atoms with Gasteiger partial charge in [-0.3, -0.25) is 10.1 Å². The number of alkyl halides is 1. The highest BCUT2D eigenvalue weighted by molar-refractivity contribution is 9.09. The number of halogens is 1. The van der Waals surface area contributed by atoms with Crippen molar-refractivity contribution in [1.29, 1.82) is 0 Å². The lowest BCUT2D eigenvalue weighted by molar-refractivity contribution is -0.116. The summed E-state index contributed by atoms with van der Waals surface area (Å²) >= 11 is 3.34. The van der Waals surface area contributed by atoms with E-state index < -0.39 is 0 Å². The molecule has 5 heteroatoms. The lowest BCUT2D eigenvalue weighted by Crippen LogP contribution is -2.18. The van der Waals surface area contributed by atoms with Gasteiger partial charge in [-0.25, -0.2) is 9.97 Å². The van der Waals surface area contributed by atoms with Gasteiger partial charge in [-0.15, -0.1) is 0 Å². The molecule has 0 bridgehead atoms. The molecule has 1 N–H and O–H groups in total. The molecule has 0 aliphatic carbocycles. The van der Waals surface area contributed by atoms with Gasteiger partial charge in [-0.2, -0.15) is 0 Å². The van der Waals surface area contributed by atoms with Crippen LogP contribution in [-0.4, -0.2) is 21.2 Å². The summed E-state index contributed by atoms with van der Waals surface area (Å²) in [5, 5.41) is 3.66. The first kappa shape index (κ1) is 15.1. The molecule has 18 heavy (non-hydrogen) atoms. The molecule has 0 aromatic carbocycles. The van der Waals surface area contributed by atoms with Crippen LogP contribution in [0.4, 0.5) is 5.95 Å². The van der Waals surface area contributed by atoms with Gasteiger partial charge in [0.1, 0.15) is 0 Å². The maximum absolute atomic E-state index is 11.6. The number of hydrogen-bond donors (Lipinski definition) is 1. The molecule has 0 atom stereocenters. The molecule has 1 aromatic heterocycles. The molecule has 100 valence electrons. The highest BCUT2D eigenvalue weighted by Gasteiger charge is 2.16. The minimum absolute atomic E-state index is 0.0259. The quantitative estimate of drug-likeness (QED) is 0.670. The van der Waals surface area contributed by atoms with Gasteiger partial charge < -0.3 is 0 Å². The first-order valence-corrected chi connectivity index (χ1v) is 7.25. The van der Waals surface area contributed by atoms with Crippen molar-refractivity contribution < 1.29 is 4.79 Å². The average molecular weight is 314 g/mol. The molecule has 1 amide bonds. The maximum Gasteiger partial charge on any atom is 0.229 e. The van der Waals surface area contributed by atoms with Crippen molar-refractivity contribution in [1.82, 2.24) is 9.97 Å². The van der Waals surface area contributed by atoms with Crippen LogP contribution in [0, 0.1) is 0 Å². The van der Waals surface area contributed by atoms with Crippen molar-refractivity contribution in [2.75, 3.05) is 10.6 Å². The van der Waals surface area contributed by atoms with Gasteiger partial charge in [0, 0.05) is 23.4 Å². The highest BCUT2D eigenvalue weighted by Crippen LogP contribution is 2.20. The van der Waals surface area contributed by atoms with Crippen molar-refractivity contribution in [3.8, 4) is 0 Å². The fourth-order valence-corrected chi connectivity index (χ4v) is 1.80. The van der Waals surface area contributed by atoms with Gasteiger partial charge in [0.15, 0.2) is 0 Å². The lowest BCUT2D eigenvalue weighted by atomic mass is 9.92. The van der Waals surface area contributed by atoms with Gasteiger partial charge in [0.25, 0.3) is 0 Å². The van der Waals surface area contributed by atoms with Crippen LogP contribution in [-0.2, 0) is 10.2 Å². The van der Waals surface area contributed by atoms with Gasteiger partial charge in [0.2, 0.25) is 11.9 Å². The molecule has 0 unspecified atom stereocenters. The molecular formula is C13H20BrN3O. The lowest BCUT2D eigenvalue weighted by Gasteiger charge is -2.17. The third-order valence-electron chi connectivity index (χ3n) is 2.46. The summed E-state index contributed by atoms with van der Waals surface area (Å²) in [7, 11) is 0. The number of nitrogens with zero attached hydrogens (tertiary/aromatic N) is 2. The first-order chi connectivity index (χ1) is 8.43. The number of anilines is 1. The smallest absolute Gasteiger partial charge is 0.229 e. The van der Waals surface area contributed by atoms with E-state index in [9.17, 15) is 4.79 Å². The van der Waals surface area contributed by atoms with Crippen LogP contribution >= 0.6 is 15.9 Å². The van der Waals surface area contributed by atoms with Crippen molar-refractivity contribution in [2.45, 2.75) is 45.4 Å². The minimum Gasteiger partial charge on any atom is -0.295 e. The van der Waals surface area contributed by atoms with E-state index in [1.807, 2.05) is 6.07 Å². The summed E-state index contributed by atoms with van der Waals surface area (Å²) in [5.74, 6) is 0.369. The fourth-order valence-electron chi connectivity index (χ4n) is 1.40. The van der Waals surface area contributed by atoms with Gasteiger partial charge in [-0.1, -0.05) is 36.7 Å². The summed E-state index contributed by atoms with van der Waals surface area (Å²) < 4.78 is 0. The van der Waals surface area contributed by atoms with E-state index >= 15 is 0 Å². The molecule has 4 nitrogen and oxygen atoms in total. The second-order valence-corrected chi connectivity index (χ2v) is 6.00. The Balaban J connectivity index is 2.60. The molecule has 0 aliphatic heterocycles. The number of aromatic nitrogens is 2. The van der Waals surface area contributed by atoms with Gasteiger partial charge in [-0.05, 0) is 18.9 Å². The Labute approximate surface area is 117 Å². The number of carbonyl (C=O) groups is 1. The van der Waals surface area contributed by atoms with E-state index in [0.717, 1.165) is 23.9 Å². The third-order valence-corrected chi connectivity index (χ3v) is 3.02. The molecule has 1 rings (SSSR count). The van der Waals surface area contributed by atoms with Crippen molar-refractivity contribution in [2.24, 2.45) is 0 Å². The second-order valence-electron chi connectivity index (χ2n) is 5.21. The van der Waals surface area contributed by atoms with E-state index in [4.69, 9.17) is 0 Å². The Hall–Kier alpha value is -0.970. The van der Waals surface area contributed by atoms with Crippen LogP contribution in [0.25, 0.3) is 0 Å². The van der Waals surface area contributed by atoms with Crippen molar-refractivity contribution in [3.05, 3.63) is 18.0 Å². The zero-order valence-electron chi connectivity index (χ0n) is 11.2. The van der Waals surface area contributed by atoms with Gasteiger partial charge in [0.05, 0.1) is 5.69 Å².